The third kappa shape index (κ3) is 4.55. The van der Waals surface area contributed by atoms with Gasteiger partial charge in [0.25, 0.3) is 11.6 Å². The Hall–Kier alpha value is -2.98. The van der Waals surface area contributed by atoms with Gasteiger partial charge in [-0.25, -0.2) is 13.6 Å². The fourth-order valence-electron chi connectivity index (χ4n) is 2.27. The van der Waals surface area contributed by atoms with Crippen LogP contribution < -0.4 is 15.4 Å². The van der Waals surface area contributed by atoms with Crippen LogP contribution in [0.25, 0.3) is 0 Å². The molecule has 10 heteroatoms. The fourth-order valence-corrected chi connectivity index (χ4v) is 2.79. The number of anilines is 1. The van der Waals surface area contributed by atoms with E-state index in [4.69, 9.17) is 5.14 Å². The number of nitrogens with two attached hydrogens (primary N) is 1. The van der Waals surface area contributed by atoms with Gasteiger partial charge in [0, 0.05) is 32.3 Å². The summed E-state index contributed by atoms with van der Waals surface area (Å²) in [5.74, 6) is -0.478. The molecule has 0 aliphatic rings. The van der Waals surface area contributed by atoms with Gasteiger partial charge in [-0.15, -0.1) is 0 Å². The maximum atomic E-state index is 12.2. The molecule has 0 saturated heterocycles. The van der Waals surface area contributed by atoms with Gasteiger partial charge >= 0.3 is 0 Å². The van der Waals surface area contributed by atoms with Crippen molar-refractivity contribution in [1.29, 1.82) is 0 Å². The number of rotatable bonds is 6. The second-order valence-corrected chi connectivity index (χ2v) is 7.29. The largest absolute Gasteiger partial charge is 0.372 e. The summed E-state index contributed by atoms with van der Waals surface area (Å²) in [5, 5.41) is 18.8. The molecule has 2 aromatic carbocycles. The van der Waals surface area contributed by atoms with E-state index in [1.54, 1.807) is 19.0 Å². The second kappa shape index (κ2) is 7.50. The van der Waals surface area contributed by atoms with Gasteiger partial charge in [-0.1, -0.05) is 12.1 Å². The van der Waals surface area contributed by atoms with Gasteiger partial charge in [0.2, 0.25) is 10.0 Å². The van der Waals surface area contributed by atoms with E-state index in [9.17, 15) is 23.3 Å². The van der Waals surface area contributed by atoms with Crippen molar-refractivity contribution in [3.8, 4) is 0 Å². The average Bonchev–Trinajstić information content (AvgIpc) is 2.58. The number of primary sulfonamides is 1. The van der Waals surface area contributed by atoms with Crippen LogP contribution in [0.2, 0.25) is 0 Å². The number of hydrogen-bond donors (Lipinski definition) is 2. The normalized spacial score (nSPS) is 11.0. The van der Waals surface area contributed by atoms with Gasteiger partial charge in [-0.05, 0) is 29.8 Å². The standard InChI is InChI=1S/C16H18N4O5S/c1-19(2)14-8-5-12(9-15(14)20(22)23)16(21)18-10-11-3-6-13(7-4-11)26(17,24)25/h3-9H,10H2,1-2H3,(H,18,21)(H2,17,24,25). The average molecular weight is 378 g/mol. The summed E-state index contributed by atoms with van der Waals surface area (Å²) in [4.78, 5) is 24.4. The van der Waals surface area contributed by atoms with Crippen molar-refractivity contribution < 1.29 is 18.1 Å². The number of carbonyl (C=O) groups is 1. The first-order chi connectivity index (χ1) is 12.1. The van der Waals surface area contributed by atoms with E-state index >= 15 is 0 Å². The van der Waals surface area contributed by atoms with E-state index in [1.165, 1.54) is 42.5 Å². The number of benzene rings is 2. The molecule has 2 aromatic rings. The number of amides is 1. The Labute approximate surface area is 150 Å². The first-order valence-corrected chi connectivity index (χ1v) is 9.00. The SMILES string of the molecule is CN(C)c1ccc(C(=O)NCc2ccc(S(N)(=O)=O)cc2)cc1[N+](=O)[O-]. The van der Waals surface area contributed by atoms with Crippen molar-refractivity contribution in [2.75, 3.05) is 19.0 Å². The molecule has 0 heterocycles. The monoisotopic (exact) mass is 378 g/mol. The predicted molar refractivity (Wildman–Crippen MR) is 96.4 cm³/mol. The van der Waals surface area contributed by atoms with E-state index in [0.29, 0.717) is 11.3 Å². The molecule has 0 saturated carbocycles. The zero-order chi connectivity index (χ0) is 19.5. The minimum Gasteiger partial charge on any atom is -0.372 e. The van der Waals surface area contributed by atoms with Gasteiger partial charge in [0.1, 0.15) is 5.69 Å². The van der Waals surface area contributed by atoms with Gasteiger partial charge < -0.3 is 10.2 Å². The van der Waals surface area contributed by atoms with Gasteiger partial charge in [0.05, 0.1) is 9.82 Å². The number of hydrogen-bond acceptors (Lipinski definition) is 6. The molecule has 3 N–H and O–H groups in total. The summed E-state index contributed by atoms with van der Waals surface area (Å²) in [5.41, 5.74) is 1.04. The molecule has 0 aromatic heterocycles. The van der Waals surface area contributed by atoms with Crippen molar-refractivity contribution in [2.24, 2.45) is 5.14 Å². The van der Waals surface area contributed by atoms with Crippen LogP contribution >= 0.6 is 0 Å². The topological polar surface area (TPSA) is 136 Å². The maximum Gasteiger partial charge on any atom is 0.293 e. The number of nitro groups is 1. The Kier molecular flexibility index (Phi) is 5.58. The minimum absolute atomic E-state index is 0.0255. The zero-order valence-electron chi connectivity index (χ0n) is 14.2. The zero-order valence-corrected chi connectivity index (χ0v) is 15.0. The van der Waals surface area contributed by atoms with Crippen LogP contribution in [0, 0.1) is 10.1 Å². The second-order valence-electron chi connectivity index (χ2n) is 5.73. The molecule has 0 aliphatic heterocycles. The lowest BCUT2D eigenvalue weighted by molar-refractivity contribution is -0.384. The molecule has 26 heavy (non-hydrogen) atoms. The molecule has 9 nitrogen and oxygen atoms in total. The molecule has 0 fully saturated rings. The third-order valence-electron chi connectivity index (χ3n) is 3.62. The highest BCUT2D eigenvalue weighted by atomic mass is 32.2. The van der Waals surface area contributed by atoms with Crippen LogP contribution in [0.3, 0.4) is 0 Å². The number of nitrogens with one attached hydrogen (secondary N) is 1. The summed E-state index contributed by atoms with van der Waals surface area (Å²) in [6.45, 7) is 0.132. The molecule has 1 amide bonds. The van der Waals surface area contributed by atoms with Crippen molar-refractivity contribution in [3.63, 3.8) is 0 Å². The Morgan fingerprint density at radius 2 is 1.81 bits per heavy atom. The maximum absolute atomic E-state index is 12.2. The highest BCUT2D eigenvalue weighted by molar-refractivity contribution is 7.89. The molecular weight excluding hydrogens is 360 g/mol. The number of nitro benzene ring substituents is 1. The molecule has 2 rings (SSSR count). The molecule has 0 atom stereocenters. The van der Waals surface area contributed by atoms with Crippen molar-refractivity contribution in [1.82, 2.24) is 5.32 Å². The van der Waals surface area contributed by atoms with E-state index in [-0.39, 0.29) is 22.7 Å². The van der Waals surface area contributed by atoms with Crippen LogP contribution in [0.15, 0.2) is 47.4 Å². The van der Waals surface area contributed by atoms with Crippen LogP contribution in [0.5, 0.6) is 0 Å². The summed E-state index contributed by atoms with van der Waals surface area (Å²) in [6, 6.07) is 9.96. The summed E-state index contributed by atoms with van der Waals surface area (Å²) >= 11 is 0. The Balaban J connectivity index is 2.13. The summed E-state index contributed by atoms with van der Waals surface area (Å²) < 4.78 is 22.4. The van der Waals surface area contributed by atoms with Gasteiger partial charge in [-0.2, -0.15) is 0 Å². The summed E-state index contributed by atoms with van der Waals surface area (Å²) in [6.07, 6.45) is 0. The molecule has 0 aliphatic carbocycles. The minimum atomic E-state index is -3.77. The lowest BCUT2D eigenvalue weighted by Gasteiger charge is -2.13. The van der Waals surface area contributed by atoms with E-state index in [1.807, 2.05) is 0 Å². The number of sulfonamides is 1. The van der Waals surface area contributed by atoms with Crippen molar-refractivity contribution >= 4 is 27.3 Å². The quantitative estimate of drug-likeness (QED) is 0.573. The smallest absolute Gasteiger partial charge is 0.293 e. The van der Waals surface area contributed by atoms with Crippen LogP contribution in [0.4, 0.5) is 11.4 Å². The molecular formula is C16H18N4O5S. The Morgan fingerprint density at radius 1 is 1.19 bits per heavy atom. The summed E-state index contributed by atoms with van der Waals surface area (Å²) in [7, 11) is -0.425. The highest BCUT2D eigenvalue weighted by Gasteiger charge is 2.18. The van der Waals surface area contributed by atoms with Gasteiger partial charge in [0.15, 0.2) is 0 Å². The number of carbonyl (C=O) groups excluding carboxylic acids is 1. The predicted octanol–water partition coefficient (Wildman–Crippen LogP) is 1.24. The molecule has 138 valence electrons. The van der Waals surface area contributed by atoms with Crippen molar-refractivity contribution in [3.05, 3.63) is 63.7 Å². The molecule has 0 radical (unpaired) electrons. The number of nitrogens with zero attached hydrogens (tertiary/aromatic N) is 2. The highest BCUT2D eigenvalue weighted by Crippen LogP contribution is 2.27. The Bertz CT molecular complexity index is 940. The first kappa shape index (κ1) is 19.3. The van der Waals surface area contributed by atoms with Crippen LogP contribution in [-0.2, 0) is 16.6 Å². The lowest BCUT2D eigenvalue weighted by Crippen LogP contribution is -2.23. The van der Waals surface area contributed by atoms with Gasteiger partial charge in [-0.3, -0.25) is 14.9 Å². The van der Waals surface area contributed by atoms with E-state index in [2.05, 4.69) is 5.32 Å². The van der Waals surface area contributed by atoms with Crippen LogP contribution in [0.1, 0.15) is 15.9 Å². The van der Waals surface area contributed by atoms with Crippen molar-refractivity contribution in [2.45, 2.75) is 11.4 Å². The molecule has 0 bridgehead atoms. The van der Waals surface area contributed by atoms with Crippen LogP contribution in [-0.4, -0.2) is 33.3 Å². The van der Waals surface area contributed by atoms with E-state index in [0.717, 1.165) is 0 Å². The molecule has 0 spiro atoms. The Morgan fingerprint density at radius 3 is 2.31 bits per heavy atom. The fraction of sp³-hybridized carbons (Fsp3) is 0.188. The third-order valence-corrected chi connectivity index (χ3v) is 4.55. The lowest BCUT2D eigenvalue weighted by atomic mass is 10.1. The van der Waals surface area contributed by atoms with E-state index < -0.39 is 20.9 Å². The first-order valence-electron chi connectivity index (χ1n) is 7.45. The molecule has 0 unspecified atom stereocenters.